The number of amides is 1. The highest BCUT2D eigenvalue weighted by Gasteiger charge is 2.19. The molecule has 1 amide bonds. The molecule has 2 rings (SSSR count). The average Bonchev–Trinajstić information content (AvgIpc) is 2.52. The molecule has 0 saturated carbocycles. The van der Waals surface area contributed by atoms with Crippen LogP contribution in [0, 0.1) is 18.6 Å². The summed E-state index contributed by atoms with van der Waals surface area (Å²) in [5.74, 6) is -1.68. The highest BCUT2D eigenvalue weighted by atomic mass is 35.5. The molecule has 0 aliphatic rings. The van der Waals surface area contributed by atoms with E-state index in [1.165, 1.54) is 6.07 Å². The highest BCUT2D eigenvalue weighted by molar-refractivity contribution is 6.30. The van der Waals surface area contributed by atoms with Crippen LogP contribution in [0.3, 0.4) is 0 Å². The summed E-state index contributed by atoms with van der Waals surface area (Å²) in [5.41, 5.74) is 1.29. The van der Waals surface area contributed by atoms with Gasteiger partial charge in [0.15, 0.2) is 17.7 Å². The fraction of sp³-hybridized carbons (Fsp3) is 0.278. The molecule has 0 unspecified atom stereocenters. The van der Waals surface area contributed by atoms with Crippen LogP contribution in [-0.2, 0) is 4.79 Å². The number of halogens is 3. The quantitative estimate of drug-likeness (QED) is 0.855. The molecule has 24 heavy (non-hydrogen) atoms. The van der Waals surface area contributed by atoms with Crippen molar-refractivity contribution < 1.29 is 18.3 Å². The monoisotopic (exact) mass is 353 g/mol. The Hall–Kier alpha value is -2.14. The zero-order chi connectivity index (χ0) is 17.9. The Bertz CT molecular complexity index is 752. The molecule has 0 bridgehead atoms. The molecule has 0 aromatic heterocycles. The van der Waals surface area contributed by atoms with Gasteiger partial charge >= 0.3 is 0 Å². The number of nitrogens with one attached hydrogen (secondary N) is 1. The molecule has 0 aliphatic carbocycles. The van der Waals surface area contributed by atoms with Crippen molar-refractivity contribution in [1.29, 1.82) is 0 Å². The van der Waals surface area contributed by atoms with E-state index in [4.69, 9.17) is 16.3 Å². The van der Waals surface area contributed by atoms with Crippen molar-refractivity contribution in [2.45, 2.75) is 32.9 Å². The van der Waals surface area contributed by atoms with Crippen molar-refractivity contribution in [1.82, 2.24) is 5.32 Å². The maximum atomic E-state index is 13.3. The van der Waals surface area contributed by atoms with Crippen molar-refractivity contribution in [2.75, 3.05) is 0 Å². The molecule has 6 heteroatoms. The number of rotatable bonds is 5. The lowest BCUT2D eigenvalue weighted by Gasteiger charge is -2.20. The van der Waals surface area contributed by atoms with Crippen LogP contribution < -0.4 is 10.1 Å². The molecule has 0 saturated heterocycles. The first-order chi connectivity index (χ1) is 11.3. The third kappa shape index (κ3) is 4.45. The van der Waals surface area contributed by atoms with E-state index in [1.54, 1.807) is 32.0 Å². The van der Waals surface area contributed by atoms with Crippen LogP contribution in [0.15, 0.2) is 36.4 Å². The van der Waals surface area contributed by atoms with Gasteiger partial charge in [-0.25, -0.2) is 8.78 Å². The number of carbonyl (C=O) groups is 1. The molecule has 128 valence electrons. The maximum absolute atomic E-state index is 13.3. The van der Waals surface area contributed by atoms with Gasteiger partial charge in [-0.05, 0) is 62.2 Å². The highest BCUT2D eigenvalue weighted by Crippen LogP contribution is 2.23. The van der Waals surface area contributed by atoms with Gasteiger partial charge in [0.1, 0.15) is 5.75 Å². The average molecular weight is 354 g/mol. The lowest BCUT2D eigenvalue weighted by atomic mass is 10.1. The summed E-state index contributed by atoms with van der Waals surface area (Å²) in [4.78, 5) is 12.2. The molecule has 2 atom stereocenters. The standard InChI is InChI=1S/C18H18ClF2NO2/c1-10-8-14(19)5-7-17(10)24-12(3)18(23)22-11(2)13-4-6-15(20)16(21)9-13/h4-9,11-12H,1-3H3,(H,22,23)/t11-,12+/m1/s1. The second kappa shape index (κ2) is 7.62. The molecule has 0 aliphatic heterocycles. The van der Waals surface area contributed by atoms with Gasteiger partial charge in [0.05, 0.1) is 6.04 Å². The van der Waals surface area contributed by atoms with Gasteiger partial charge in [-0.2, -0.15) is 0 Å². The number of hydrogen-bond donors (Lipinski definition) is 1. The second-order valence-electron chi connectivity index (χ2n) is 5.57. The fourth-order valence-electron chi connectivity index (χ4n) is 2.18. The van der Waals surface area contributed by atoms with Gasteiger partial charge in [-0.15, -0.1) is 0 Å². The Balaban J connectivity index is 2.01. The van der Waals surface area contributed by atoms with Gasteiger partial charge in [-0.1, -0.05) is 17.7 Å². The van der Waals surface area contributed by atoms with Crippen LogP contribution in [0.1, 0.15) is 31.0 Å². The summed E-state index contributed by atoms with van der Waals surface area (Å²) in [6.07, 6.45) is -0.752. The molecule has 0 radical (unpaired) electrons. The predicted molar refractivity (Wildman–Crippen MR) is 89.2 cm³/mol. The lowest BCUT2D eigenvalue weighted by molar-refractivity contribution is -0.127. The molecular weight excluding hydrogens is 336 g/mol. The molecule has 1 N–H and O–H groups in total. The lowest BCUT2D eigenvalue weighted by Crippen LogP contribution is -2.37. The molecule has 0 spiro atoms. The van der Waals surface area contributed by atoms with Gasteiger partial charge in [0.2, 0.25) is 0 Å². The van der Waals surface area contributed by atoms with E-state index in [2.05, 4.69) is 5.32 Å². The van der Waals surface area contributed by atoms with E-state index in [1.807, 2.05) is 6.92 Å². The smallest absolute Gasteiger partial charge is 0.261 e. The minimum absolute atomic E-state index is 0.360. The molecular formula is C18H18ClF2NO2. The van der Waals surface area contributed by atoms with Crippen LogP contribution >= 0.6 is 11.6 Å². The number of hydrogen-bond acceptors (Lipinski definition) is 2. The summed E-state index contributed by atoms with van der Waals surface area (Å²) in [7, 11) is 0. The van der Waals surface area contributed by atoms with Crippen LogP contribution in [0.5, 0.6) is 5.75 Å². The SMILES string of the molecule is Cc1cc(Cl)ccc1O[C@@H](C)C(=O)N[C@H](C)c1ccc(F)c(F)c1. The summed E-state index contributed by atoms with van der Waals surface area (Å²) >= 11 is 5.88. The first kappa shape index (κ1) is 18.2. The third-order valence-electron chi connectivity index (χ3n) is 3.61. The zero-order valence-electron chi connectivity index (χ0n) is 13.6. The van der Waals surface area contributed by atoms with Gasteiger partial charge in [0.25, 0.3) is 5.91 Å². The topological polar surface area (TPSA) is 38.3 Å². The van der Waals surface area contributed by atoms with Gasteiger partial charge in [0, 0.05) is 5.02 Å². The van der Waals surface area contributed by atoms with Crippen molar-refractivity contribution >= 4 is 17.5 Å². The third-order valence-corrected chi connectivity index (χ3v) is 3.85. The van der Waals surface area contributed by atoms with Crippen molar-refractivity contribution in [2.24, 2.45) is 0 Å². The summed E-state index contributed by atoms with van der Waals surface area (Å²) < 4.78 is 31.9. The molecule has 0 heterocycles. The largest absolute Gasteiger partial charge is 0.481 e. The van der Waals surface area contributed by atoms with Crippen LogP contribution in [0.25, 0.3) is 0 Å². The van der Waals surface area contributed by atoms with Gasteiger partial charge < -0.3 is 10.1 Å². The van der Waals surface area contributed by atoms with E-state index in [0.717, 1.165) is 17.7 Å². The Morgan fingerprint density at radius 3 is 2.46 bits per heavy atom. The first-order valence-electron chi connectivity index (χ1n) is 7.46. The summed E-state index contributed by atoms with van der Waals surface area (Å²) in [6.45, 7) is 5.13. The van der Waals surface area contributed by atoms with Crippen molar-refractivity contribution in [3.8, 4) is 5.75 Å². The minimum Gasteiger partial charge on any atom is -0.481 e. The molecule has 2 aromatic rings. The van der Waals surface area contributed by atoms with E-state index < -0.39 is 23.8 Å². The van der Waals surface area contributed by atoms with Crippen molar-refractivity contribution in [3.05, 3.63) is 64.2 Å². The van der Waals surface area contributed by atoms with E-state index in [0.29, 0.717) is 16.3 Å². The number of aryl methyl sites for hydroxylation is 1. The zero-order valence-corrected chi connectivity index (χ0v) is 14.3. The minimum atomic E-state index is -0.949. The van der Waals surface area contributed by atoms with Crippen LogP contribution in [-0.4, -0.2) is 12.0 Å². The molecule has 0 fully saturated rings. The maximum Gasteiger partial charge on any atom is 0.261 e. The normalized spacial score (nSPS) is 13.2. The number of ether oxygens (including phenoxy) is 1. The van der Waals surface area contributed by atoms with E-state index in [9.17, 15) is 13.6 Å². The van der Waals surface area contributed by atoms with Crippen LogP contribution in [0.4, 0.5) is 8.78 Å². The summed E-state index contributed by atoms with van der Waals surface area (Å²) in [5, 5.41) is 3.30. The number of benzene rings is 2. The first-order valence-corrected chi connectivity index (χ1v) is 7.84. The van der Waals surface area contributed by atoms with Crippen LogP contribution in [0.2, 0.25) is 5.02 Å². The van der Waals surface area contributed by atoms with Crippen molar-refractivity contribution in [3.63, 3.8) is 0 Å². The van der Waals surface area contributed by atoms with Gasteiger partial charge in [-0.3, -0.25) is 4.79 Å². The second-order valence-corrected chi connectivity index (χ2v) is 6.01. The van der Waals surface area contributed by atoms with E-state index in [-0.39, 0.29) is 5.91 Å². The Kier molecular flexibility index (Phi) is 5.78. The Morgan fingerprint density at radius 2 is 1.83 bits per heavy atom. The summed E-state index contributed by atoms with van der Waals surface area (Å²) in [6, 6.07) is 8.16. The Morgan fingerprint density at radius 1 is 1.12 bits per heavy atom. The Labute approximate surface area is 144 Å². The van der Waals surface area contributed by atoms with E-state index >= 15 is 0 Å². The molecule has 3 nitrogen and oxygen atoms in total. The fourth-order valence-corrected chi connectivity index (χ4v) is 2.41. The molecule has 2 aromatic carbocycles. The number of carbonyl (C=O) groups excluding carboxylic acids is 1. The predicted octanol–water partition coefficient (Wildman–Crippen LogP) is 4.57.